The van der Waals surface area contributed by atoms with Crippen LogP contribution in [-0.4, -0.2) is 34.0 Å². The number of fused-ring (bicyclic) bond motifs is 1. The summed E-state index contributed by atoms with van der Waals surface area (Å²) in [6.45, 7) is 0. The van der Waals surface area contributed by atoms with Crippen LogP contribution in [0, 0.1) is 5.82 Å². The first-order valence-corrected chi connectivity index (χ1v) is 8.68. The largest absolute Gasteiger partial charge is 0.493 e. The van der Waals surface area contributed by atoms with E-state index in [1.807, 2.05) is 18.2 Å². The third kappa shape index (κ3) is 2.88. The van der Waals surface area contributed by atoms with Crippen molar-refractivity contribution in [2.45, 2.75) is 6.42 Å². The average molecular weight is 370 g/mol. The van der Waals surface area contributed by atoms with E-state index in [0.717, 1.165) is 16.1 Å². The van der Waals surface area contributed by atoms with Gasteiger partial charge in [-0.05, 0) is 29.8 Å². The van der Waals surface area contributed by atoms with Gasteiger partial charge in [-0.3, -0.25) is 0 Å². The second-order valence-corrected chi connectivity index (χ2v) is 6.52. The van der Waals surface area contributed by atoms with Gasteiger partial charge in [-0.1, -0.05) is 29.5 Å². The molecule has 0 spiro atoms. The second kappa shape index (κ2) is 6.72. The van der Waals surface area contributed by atoms with E-state index < -0.39 is 0 Å². The summed E-state index contributed by atoms with van der Waals surface area (Å²) in [5, 5.41) is 13.8. The molecule has 8 heteroatoms. The minimum atomic E-state index is -0.263. The molecule has 0 radical (unpaired) electrons. The lowest BCUT2D eigenvalue weighted by Gasteiger charge is -2.10. The van der Waals surface area contributed by atoms with Gasteiger partial charge in [-0.15, -0.1) is 10.2 Å². The van der Waals surface area contributed by atoms with Crippen LogP contribution in [0.1, 0.15) is 11.4 Å². The highest BCUT2D eigenvalue weighted by Gasteiger charge is 2.18. The van der Waals surface area contributed by atoms with Crippen molar-refractivity contribution in [3.8, 4) is 22.1 Å². The van der Waals surface area contributed by atoms with Gasteiger partial charge >= 0.3 is 0 Å². The van der Waals surface area contributed by atoms with Crippen LogP contribution in [0.25, 0.3) is 15.5 Å². The van der Waals surface area contributed by atoms with Gasteiger partial charge in [0, 0.05) is 6.42 Å². The summed E-state index contributed by atoms with van der Waals surface area (Å²) in [4.78, 5) is 0.682. The van der Waals surface area contributed by atoms with E-state index in [0.29, 0.717) is 28.7 Å². The van der Waals surface area contributed by atoms with Crippen molar-refractivity contribution in [2.75, 3.05) is 14.2 Å². The minimum Gasteiger partial charge on any atom is -0.493 e. The van der Waals surface area contributed by atoms with Gasteiger partial charge in [0.15, 0.2) is 22.3 Å². The summed E-state index contributed by atoms with van der Waals surface area (Å²) in [5.74, 6) is 1.69. The summed E-state index contributed by atoms with van der Waals surface area (Å²) in [6, 6.07) is 12.0. The zero-order chi connectivity index (χ0) is 18.1. The van der Waals surface area contributed by atoms with Gasteiger partial charge in [0.25, 0.3) is 0 Å². The third-order valence-electron chi connectivity index (χ3n) is 3.96. The minimum absolute atomic E-state index is 0.263. The molecule has 0 aliphatic rings. The molecule has 4 rings (SSSR count). The van der Waals surface area contributed by atoms with Gasteiger partial charge in [-0.25, -0.2) is 4.39 Å². The molecule has 0 saturated heterocycles. The van der Waals surface area contributed by atoms with E-state index in [-0.39, 0.29) is 5.82 Å². The molecule has 0 atom stereocenters. The van der Waals surface area contributed by atoms with Crippen molar-refractivity contribution in [2.24, 2.45) is 0 Å². The predicted octanol–water partition coefficient (Wildman–Crippen LogP) is 3.60. The third-order valence-corrected chi connectivity index (χ3v) is 4.90. The lowest BCUT2D eigenvalue weighted by atomic mass is 10.1. The fourth-order valence-corrected chi connectivity index (χ4v) is 3.60. The molecule has 0 amide bonds. The summed E-state index contributed by atoms with van der Waals surface area (Å²) in [6.07, 6.45) is 0.514. The number of halogens is 1. The molecule has 2 heterocycles. The van der Waals surface area contributed by atoms with Crippen LogP contribution in [-0.2, 0) is 6.42 Å². The Hall–Kier alpha value is -3.00. The summed E-state index contributed by atoms with van der Waals surface area (Å²) < 4.78 is 25.6. The Kier molecular flexibility index (Phi) is 4.26. The summed E-state index contributed by atoms with van der Waals surface area (Å²) in [5.41, 5.74) is 1.77. The normalized spacial score (nSPS) is 11.0. The molecule has 2 aromatic heterocycles. The van der Waals surface area contributed by atoms with Gasteiger partial charge in [0.2, 0.25) is 4.96 Å². The van der Waals surface area contributed by atoms with Crippen LogP contribution in [0.15, 0.2) is 42.5 Å². The van der Waals surface area contributed by atoms with E-state index >= 15 is 0 Å². The number of methoxy groups -OCH3 is 2. The molecular weight excluding hydrogens is 355 g/mol. The van der Waals surface area contributed by atoms with Gasteiger partial charge in [0.05, 0.1) is 19.8 Å². The summed E-state index contributed by atoms with van der Waals surface area (Å²) in [7, 11) is 3.20. The Morgan fingerprint density at radius 3 is 2.58 bits per heavy atom. The first kappa shape index (κ1) is 16.5. The number of benzene rings is 2. The van der Waals surface area contributed by atoms with Crippen LogP contribution >= 0.6 is 11.3 Å². The van der Waals surface area contributed by atoms with Crippen molar-refractivity contribution >= 4 is 16.3 Å². The Labute approximate surface area is 152 Å². The molecule has 6 nitrogen and oxygen atoms in total. The van der Waals surface area contributed by atoms with Crippen LogP contribution in [0.4, 0.5) is 4.39 Å². The predicted molar refractivity (Wildman–Crippen MR) is 96.4 cm³/mol. The fourth-order valence-electron chi connectivity index (χ4n) is 2.72. The van der Waals surface area contributed by atoms with Crippen LogP contribution in [0.3, 0.4) is 0 Å². The molecule has 26 heavy (non-hydrogen) atoms. The number of hydrogen-bond acceptors (Lipinski definition) is 6. The van der Waals surface area contributed by atoms with Gasteiger partial charge < -0.3 is 9.47 Å². The van der Waals surface area contributed by atoms with Gasteiger partial charge in [0.1, 0.15) is 5.82 Å². The number of rotatable bonds is 5. The molecule has 4 aromatic rings. The zero-order valence-corrected chi connectivity index (χ0v) is 15.0. The van der Waals surface area contributed by atoms with Crippen molar-refractivity contribution in [1.29, 1.82) is 0 Å². The second-order valence-electron chi connectivity index (χ2n) is 5.56. The Morgan fingerprint density at radius 2 is 1.85 bits per heavy atom. The molecule has 0 bridgehead atoms. The van der Waals surface area contributed by atoms with Crippen LogP contribution in [0.2, 0.25) is 0 Å². The zero-order valence-electron chi connectivity index (χ0n) is 14.1. The lowest BCUT2D eigenvalue weighted by Crippen LogP contribution is -1.98. The first-order chi connectivity index (χ1) is 12.7. The molecule has 0 saturated carbocycles. The SMILES string of the molecule is COc1cccc(-c2nn3c(Cc4ccc(F)cc4)nnc3s2)c1OC. The molecule has 0 fully saturated rings. The standard InChI is InChI=1S/C18H15FN4O2S/c1-24-14-5-3-4-13(16(14)25-2)17-22-23-15(20-21-18(23)26-17)10-11-6-8-12(19)9-7-11/h3-9H,10H2,1-2H3. The highest BCUT2D eigenvalue weighted by Crippen LogP contribution is 2.39. The maximum absolute atomic E-state index is 13.1. The summed E-state index contributed by atoms with van der Waals surface area (Å²) >= 11 is 1.42. The van der Waals surface area contributed by atoms with Gasteiger partial charge in [-0.2, -0.15) is 9.61 Å². The van der Waals surface area contributed by atoms with Crippen molar-refractivity contribution in [3.05, 3.63) is 59.7 Å². The van der Waals surface area contributed by atoms with E-state index in [1.54, 1.807) is 30.9 Å². The van der Waals surface area contributed by atoms with Crippen molar-refractivity contribution in [3.63, 3.8) is 0 Å². The smallest absolute Gasteiger partial charge is 0.234 e. The number of hydrogen-bond donors (Lipinski definition) is 0. The Bertz CT molecular complexity index is 1060. The Morgan fingerprint density at radius 1 is 1.04 bits per heavy atom. The van der Waals surface area contributed by atoms with Crippen molar-refractivity contribution in [1.82, 2.24) is 19.8 Å². The maximum atomic E-state index is 13.1. The fraction of sp³-hybridized carbons (Fsp3) is 0.167. The molecule has 0 unspecified atom stereocenters. The molecular formula is C18H15FN4O2S. The highest BCUT2D eigenvalue weighted by atomic mass is 32.1. The highest BCUT2D eigenvalue weighted by molar-refractivity contribution is 7.19. The monoisotopic (exact) mass is 370 g/mol. The molecule has 0 aliphatic heterocycles. The Balaban J connectivity index is 1.73. The van der Waals surface area contributed by atoms with E-state index in [9.17, 15) is 4.39 Å². The quantitative estimate of drug-likeness (QED) is 0.537. The van der Waals surface area contributed by atoms with Crippen LogP contribution in [0.5, 0.6) is 11.5 Å². The molecule has 2 aromatic carbocycles. The average Bonchev–Trinajstić information content (AvgIpc) is 3.24. The maximum Gasteiger partial charge on any atom is 0.234 e. The number of ether oxygens (including phenoxy) is 2. The number of para-hydroxylation sites is 1. The first-order valence-electron chi connectivity index (χ1n) is 7.86. The van der Waals surface area contributed by atoms with Crippen LogP contribution < -0.4 is 9.47 Å². The van der Waals surface area contributed by atoms with Crippen molar-refractivity contribution < 1.29 is 13.9 Å². The number of aromatic nitrogens is 4. The van der Waals surface area contributed by atoms with E-state index in [2.05, 4.69) is 15.3 Å². The molecule has 0 aliphatic carbocycles. The van der Waals surface area contributed by atoms with E-state index in [1.165, 1.54) is 23.5 Å². The number of nitrogens with zero attached hydrogens (tertiary/aromatic N) is 4. The topological polar surface area (TPSA) is 61.5 Å². The lowest BCUT2D eigenvalue weighted by molar-refractivity contribution is 0.356. The molecule has 132 valence electrons. The van der Waals surface area contributed by atoms with E-state index in [4.69, 9.17) is 9.47 Å². The molecule has 0 N–H and O–H groups in total.